The van der Waals surface area contributed by atoms with Crippen LogP contribution in [0.25, 0.3) is 0 Å². The molecule has 0 saturated heterocycles. The van der Waals surface area contributed by atoms with Crippen LogP contribution in [0.15, 0.2) is 18.2 Å². The van der Waals surface area contributed by atoms with Crippen LogP contribution in [0.4, 0.5) is 10.5 Å². The Balaban J connectivity index is 2.89. The largest absolute Gasteiger partial charge is 0.495 e. The number of carbonyl (C=O) groups excluding carboxylic acids is 1. The fourth-order valence-corrected chi connectivity index (χ4v) is 0.892. The SMILES string of the molecule is COc1ccc(OC(N)=O)cc1N. The van der Waals surface area contributed by atoms with E-state index in [1.165, 1.54) is 13.2 Å². The molecule has 0 fully saturated rings. The summed E-state index contributed by atoms with van der Waals surface area (Å²) in [7, 11) is 1.50. The van der Waals surface area contributed by atoms with Gasteiger partial charge < -0.3 is 20.9 Å². The number of methoxy groups -OCH3 is 1. The van der Waals surface area contributed by atoms with Gasteiger partial charge in [0.2, 0.25) is 0 Å². The van der Waals surface area contributed by atoms with Crippen molar-refractivity contribution in [3.63, 3.8) is 0 Å². The highest BCUT2D eigenvalue weighted by Gasteiger charge is 2.03. The first-order valence-corrected chi connectivity index (χ1v) is 3.54. The van der Waals surface area contributed by atoms with E-state index in [0.29, 0.717) is 17.2 Å². The maximum Gasteiger partial charge on any atom is 0.409 e. The number of nitrogens with two attached hydrogens (primary N) is 2. The topological polar surface area (TPSA) is 87.6 Å². The molecule has 0 bridgehead atoms. The summed E-state index contributed by atoms with van der Waals surface area (Å²) >= 11 is 0. The lowest BCUT2D eigenvalue weighted by molar-refractivity contribution is 0.211. The zero-order valence-corrected chi connectivity index (χ0v) is 7.11. The lowest BCUT2D eigenvalue weighted by Crippen LogP contribution is -2.16. The summed E-state index contributed by atoms with van der Waals surface area (Å²) in [6.07, 6.45) is -0.871. The molecule has 1 aromatic rings. The third kappa shape index (κ3) is 2.26. The number of primary amides is 1. The number of ether oxygens (including phenoxy) is 2. The molecule has 0 saturated carbocycles. The predicted molar refractivity (Wildman–Crippen MR) is 47.6 cm³/mol. The molecular formula is C8H10N2O3. The Hall–Kier alpha value is -1.91. The van der Waals surface area contributed by atoms with Gasteiger partial charge in [-0.2, -0.15) is 0 Å². The van der Waals surface area contributed by atoms with Gasteiger partial charge in [-0.1, -0.05) is 0 Å². The van der Waals surface area contributed by atoms with Gasteiger partial charge in [0.25, 0.3) is 0 Å². The summed E-state index contributed by atoms with van der Waals surface area (Å²) < 4.78 is 9.51. The Kier molecular flexibility index (Phi) is 2.59. The zero-order valence-electron chi connectivity index (χ0n) is 7.11. The van der Waals surface area contributed by atoms with E-state index in [1.54, 1.807) is 12.1 Å². The van der Waals surface area contributed by atoms with E-state index < -0.39 is 6.09 Å². The van der Waals surface area contributed by atoms with Crippen molar-refractivity contribution in [3.05, 3.63) is 18.2 Å². The van der Waals surface area contributed by atoms with E-state index >= 15 is 0 Å². The molecule has 0 aromatic heterocycles. The number of hydrogen-bond acceptors (Lipinski definition) is 4. The van der Waals surface area contributed by atoms with E-state index in [1.807, 2.05) is 0 Å². The highest BCUT2D eigenvalue weighted by Crippen LogP contribution is 2.25. The van der Waals surface area contributed by atoms with E-state index in [9.17, 15) is 4.79 Å². The van der Waals surface area contributed by atoms with Crippen LogP contribution < -0.4 is 20.9 Å². The first kappa shape index (κ1) is 9.18. The number of nitrogen functional groups attached to an aromatic ring is 1. The summed E-state index contributed by atoms with van der Waals surface area (Å²) in [4.78, 5) is 10.4. The Morgan fingerprint density at radius 3 is 2.62 bits per heavy atom. The van der Waals surface area contributed by atoms with Crippen LogP contribution in [-0.2, 0) is 0 Å². The number of carbonyl (C=O) groups is 1. The maximum absolute atomic E-state index is 10.4. The molecule has 1 aromatic carbocycles. The summed E-state index contributed by atoms with van der Waals surface area (Å²) in [6, 6.07) is 4.59. The Bertz CT molecular complexity index is 325. The van der Waals surface area contributed by atoms with Crippen molar-refractivity contribution in [2.45, 2.75) is 0 Å². The number of rotatable bonds is 2. The molecule has 1 rings (SSSR count). The van der Waals surface area contributed by atoms with Crippen molar-refractivity contribution in [3.8, 4) is 11.5 Å². The van der Waals surface area contributed by atoms with Crippen molar-refractivity contribution in [2.75, 3.05) is 12.8 Å². The number of amides is 1. The standard InChI is InChI=1S/C8H10N2O3/c1-12-7-3-2-5(4-6(7)9)13-8(10)11/h2-4H,9H2,1H3,(H2,10,11). The second kappa shape index (κ2) is 3.66. The van der Waals surface area contributed by atoms with E-state index in [2.05, 4.69) is 4.74 Å². The van der Waals surface area contributed by atoms with Gasteiger partial charge in [-0.05, 0) is 12.1 Å². The normalized spacial score (nSPS) is 9.31. The van der Waals surface area contributed by atoms with Crippen LogP contribution in [0.5, 0.6) is 11.5 Å². The minimum Gasteiger partial charge on any atom is -0.495 e. The molecule has 5 nitrogen and oxygen atoms in total. The van der Waals surface area contributed by atoms with Crippen molar-refractivity contribution < 1.29 is 14.3 Å². The number of anilines is 1. The van der Waals surface area contributed by atoms with Crippen LogP contribution in [-0.4, -0.2) is 13.2 Å². The maximum atomic E-state index is 10.4. The van der Waals surface area contributed by atoms with Gasteiger partial charge in [0.05, 0.1) is 12.8 Å². The summed E-state index contributed by atoms with van der Waals surface area (Å²) in [5.74, 6) is 0.822. The molecule has 0 heterocycles. The fourth-order valence-electron chi connectivity index (χ4n) is 0.892. The third-order valence-electron chi connectivity index (χ3n) is 1.42. The summed E-state index contributed by atoms with van der Waals surface area (Å²) in [6.45, 7) is 0. The lowest BCUT2D eigenvalue weighted by Gasteiger charge is -2.05. The van der Waals surface area contributed by atoms with Crippen LogP contribution in [0, 0.1) is 0 Å². The lowest BCUT2D eigenvalue weighted by atomic mass is 10.3. The highest BCUT2D eigenvalue weighted by atomic mass is 16.5. The van der Waals surface area contributed by atoms with E-state index in [0.717, 1.165) is 0 Å². The minimum atomic E-state index is -0.871. The van der Waals surface area contributed by atoms with E-state index in [-0.39, 0.29) is 0 Å². The molecule has 0 radical (unpaired) electrons. The first-order chi connectivity index (χ1) is 6.13. The third-order valence-corrected chi connectivity index (χ3v) is 1.42. The highest BCUT2D eigenvalue weighted by molar-refractivity contribution is 5.69. The Morgan fingerprint density at radius 1 is 1.46 bits per heavy atom. The first-order valence-electron chi connectivity index (χ1n) is 3.54. The summed E-state index contributed by atoms with van der Waals surface area (Å²) in [5, 5.41) is 0. The molecule has 4 N–H and O–H groups in total. The molecule has 0 spiro atoms. The Morgan fingerprint density at radius 2 is 2.15 bits per heavy atom. The van der Waals surface area contributed by atoms with Gasteiger partial charge in [0, 0.05) is 6.07 Å². The van der Waals surface area contributed by atoms with Crippen LogP contribution >= 0.6 is 0 Å². The molecule has 0 aliphatic heterocycles. The van der Waals surface area contributed by atoms with Gasteiger partial charge in [-0.15, -0.1) is 0 Å². The average Bonchev–Trinajstić information content (AvgIpc) is 2.03. The second-order valence-corrected chi connectivity index (χ2v) is 2.32. The van der Waals surface area contributed by atoms with Gasteiger partial charge in [0.15, 0.2) is 0 Å². The fraction of sp³-hybridized carbons (Fsp3) is 0.125. The van der Waals surface area contributed by atoms with Crippen molar-refractivity contribution in [1.82, 2.24) is 0 Å². The quantitative estimate of drug-likeness (QED) is 0.660. The summed E-state index contributed by atoms with van der Waals surface area (Å²) in [5.41, 5.74) is 10.8. The molecule has 0 aliphatic rings. The zero-order chi connectivity index (χ0) is 9.84. The average molecular weight is 182 g/mol. The Labute approximate surface area is 75.2 Å². The van der Waals surface area contributed by atoms with Crippen molar-refractivity contribution in [1.29, 1.82) is 0 Å². The molecule has 0 atom stereocenters. The second-order valence-electron chi connectivity index (χ2n) is 2.32. The van der Waals surface area contributed by atoms with Crippen LogP contribution in [0.1, 0.15) is 0 Å². The van der Waals surface area contributed by atoms with Crippen molar-refractivity contribution >= 4 is 11.8 Å². The van der Waals surface area contributed by atoms with E-state index in [4.69, 9.17) is 16.2 Å². The number of hydrogen-bond donors (Lipinski definition) is 2. The molecule has 1 amide bonds. The van der Waals surface area contributed by atoms with Crippen LogP contribution in [0.3, 0.4) is 0 Å². The molecule has 13 heavy (non-hydrogen) atoms. The van der Waals surface area contributed by atoms with Crippen LogP contribution in [0.2, 0.25) is 0 Å². The monoisotopic (exact) mass is 182 g/mol. The van der Waals surface area contributed by atoms with Gasteiger partial charge >= 0.3 is 6.09 Å². The molecule has 70 valence electrons. The smallest absolute Gasteiger partial charge is 0.409 e. The van der Waals surface area contributed by atoms with Gasteiger partial charge in [-0.25, -0.2) is 4.79 Å². The number of benzene rings is 1. The molecular weight excluding hydrogens is 172 g/mol. The molecule has 5 heteroatoms. The molecule has 0 unspecified atom stereocenters. The van der Waals surface area contributed by atoms with Gasteiger partial charge in [-0.3, -0.25) is 0 Å². The molecule has 0 aliphatic carbocycles. The van der Waals surface area contributed by atoms with Gasteiger partial charge in [0.1, 0.15) is 11.5 Å². The predicted octanol–water partition coefficient (Wildman–Crippen LogP) is 0.735. The van der Waals surface area contributed by atoms with Crippen molar-refractivity contribution in [2.24, 2.45) is 5.73 Å². The minimum absolute atomic E-state index is 0.297.